The molecule has 0 aromatic rings. The van der Waals surface area contributed by atoms with E-state index in [1.807, 2.05) is 0 Å². The molecule has 0 radical (unpaired) electrons. The van der Waals surface area contributed by atoms with Crippen LogP contribution in [-0.2, 0) is 0 Å². The first-order valence-corrected chi connectivity index (χ1v) is 8.69. The number of hydrogen-bond donors (Lipinski definition) is 0. The fraction of sp³-hybridized carbons (Fsp3) is 1.00. The monoisotopic (exact) mass is 266 g/mol. The number of rotatable bonds is 5. The summed E-state index contributed by atoms with van der Waals surface area (Å²) >= 11 is 0. The molecule has 0 spiro atoms. The molecule has 0 bridgehead atoms. The first kappa shape index (κ1) is 15.3. The summed E-state index contributed by atoms with van der Waals surface area (Å²) in [4.78, 5) is 5.41. The molecular formula is C17H34N2. The minimum Gasteiger partial charge on any atom is -0.304 e. The molecule has 0 N–H and O–H groups in total. The van der Waals surface area contributed by atoms with E-state index >= 15 is 0 Å². The molecular weight excluding hydrogens is 232 g/mol. The number of piperidine rings is 1. The third-order valence-corrected chi connectivity index (χ3v) is 5.56. The highest BCUT2D eigenvalue weighted by Crippen LogP contribution is 2.30. The third kappa shape index (κ3) is 4.46. The van der Waals surface area contributed by atoms with Crippen LogP contribution >= 0.6 is 0 Å². The molecule has 2 rings (SSSR count). The van der Waals surface area contributed by atoms with E-state index in [2.05, 4.69) is 30.6 Å². The summed E-state index contributed by atoms with van der Waals surface area (Å²) in [6.07, 6.45) is 8.71. The van der Waals surface area contributed by atoms with E-state index in [1.54, 1.807) is 0 Å². The van der Waals surface area contributed by atoms with E-state index in [0.717, 1.165) is 17.9 Å². The van der Waals surface area contributed by atoms with Crippen LogP contribution < -0.4 is 0 Å². The van der Waals surface area contributed by atoms with Crippen LogP contribution in [0.5, 0.6) is 0 Å². The molecule has 0 atom stereocenters. The summed E-state index contributed by atoms with van der Waals surface area (Å²) in [6.45, 7) is 13.5. The van der Waals surface area contributed by atoms with E-state index in [4.69, 9.17) is 0 Å². The fourth-order valence-electron chi connectivity index (χ4n) is 3.96. The maximum Gasteiger partial charge on any atom is 0.00954 e. The molecule has 2 fully saturated rings. The Morgan fingerprint density at radius 3 is 2.00 bits per heavy atom. The smallest absolute Gasteiger partial charge is 0.00954 e. The average Bonchev–Trinajstić information content (AvgIpc) is 2.46. The van der Waals surface area contributed by atoms with Crippen molar-refractivity contribution in [3.05, 3.63) is 0 Å². The van der Waals surface area contributed by atoms with Crippen LogP contribution in [0.3, 0.4) is 0 Å². The van der Waals surface area contributed by atoms with Gasteiger partial charge >= 0.3 is 0 Å². The zero-order chi connectivity index (χ0) is 13.7. The van der Waals surface area contributed by atoms with Crippen LogP contribution in [0.1, 0.15) is 59.3 Å². The van der Waals surface area contributed by atoms with Crippen molar-refractivity contribution in [1.82, 2.24) is 9.80 Å². The van der Waals surface area contributed by atoms with Crippen molar-refractivity contribution >= 4 is 0 Å². The first-order chi connectivity index (χ1) is 9.22. The van der Waals surface area contributed by atoms with E-state index in [9.17, 15) is 0 Å². The van der Waals surface area contributed by atoms with Gasteiger partial charge in [-0.3, -0.25) is 0 Å². The number of likely N-dealkylation sites (tertiary alicyclic amines) is 1. The molecule has 0 amide bonds. The van der Waals surface area contributed by atoms with E-state index in [0.29, 0.717) is 0 Å². The van der Waals surface area contributed by atoms with Crippen molar-refractivity contribution in [2.24, 2.45) is 11.8 Å². The Hall–Kier alpha value is -0.0800. The van der Waals surface area contributed by atoms with Crippen LogP contribution in [0.25, 0.3) is 0 Å². The van der Waals surface area contributed by atoms with E-state index in [-0.39, 0.29) is 0 Å². The maximum atomic E-state index is 2.81. The Kier molecular flexibility index (Phi) is 6.15. The molecule has 2 nitrogen and oxygen atoms in total. The predicted octanol–water partition coefficient (Wildman–Crippen LogP) is 3.62. The third-order valence-electron chi connectivity index (χ3n) is 5.56. The van der Waals surface area contributed by atoms with Gasteiger partial charge in [0.25, 0.3) is 0 Å². The summed E-state index contributed by atoms with van der Waals surface area (Å²) in [5.41, 5.74) is 0. The Labute approximate surface area is 120 Å². The van der Waals surface area contributed by atoms with E-state index in [1.165, 1.54) is 71.2 Å². The summed E-state index contributed by atoms with van der Waals surface area (Å²) in [6, 6.07) is 0.922. The molecule has 1 aliphatic carbocycles. The predicted molar refractivity (Wildman–Crippen MR) is 83.5 cm³/mol. The number of nitrogens with zero attached hydrogens (tertiary/aromatic N) is 2. The highest BCUT2D eigenvalue weighted by atomic mass is 15.2. The van der Waals surface area contributed by atoms with Gasteiger partial charge in [0.15, 0.2) is 0 Å². The summed E-state index contributed by atoms with van der Waals surface area (Å²) in [7, 11) is 0. The van der Waals surface area contributed by atoms with Gasteiger partial charge in [-0.2, -0.15) is 0 Å². The zero-order valence-corrected chi connectivity index (χ0v) is 13.4. The maximum absolute atomic E-state index is 2.81. The van der Waals surface area contributed by atoms with Gasteiger partial charge in [-0.05, 0) is 76.5 Å². The summed E-state index contributed by atoms with van der Waals surface area (Å²) in [5, 5.41) is 0. The molecule has 2 heteroatoms. The SMILES string of the molecule is CCN(CC)CC1CCN(C2CCC(C)CC2)CC1. The standard InChI is InChI=1S/C17H34N2/c1-4-18(5-2)14-16-10-12-19(13-11-16)17-8-6-15(3)7-9-17/h15-17H,4-14H2,1-3H3. The van der Waals surface area contributed by atoms with Gasteiger partial charge in [0.2, 0.25) is 0 Å². The van der Waals surface area contributed by atoms with Gasteiger partial charge in [0, 0.05) is 12.6 Å². The molecule has 1 saturated carbocycles. The van der Waals surface area contributed by atoms with Crippen LogP contribution in [0.4, 0.5) is 0 Å². The topological polar surface area (TPSA) is 6.48 Å². The highest BCUT2D eigenvalue weighted by Gasteiger charge is 2.28. The second-order valence-corrected chi connectivity index (χ2v) is 6.88. The van der Waals surface area contributed by atoms with Gasteiger partial charge in [-0.15, -0.1) is 0 Å². The normalized spacial score (nSPS) is 30.9. The van der Waals surface area contributed by atoms with Crippen LogP contribution in [0.15, 0.2) is 0 Å². The summed E-state index contributed by atoms with van der Waals surface area (Å²) in [5.74, 6) is 1.94. The molecule has 1 saturated heterocycles. The van der Waals surface area contributed by atoms with Crippen molar-refractivity contribution in [3.63, 3.8) is 0 Å². The Morgan fingerprint density at radius 2 is 1.47 bits per heavy atom. The van der Waals surface area contributed by atoms with Crippen LogP contribution in [-0.4, -0.2) is 48.6 Å². The Balaban J connectivity index is 1.70. The first-order valence-electron chi connectivity index (χ1n) is 8.69. The molecule has 0 unspecified atom stereocenters. The van der Waals surface area contributed by atoms with Crippen LogP contribution in [0, 0.1) is 11.8 Å². The molecule has 112 valence electrons. The van der Waals surface area contributed by atoms with Gasteiger partial charge in [0.1, 0.15) is 0 Å². The van der Waals surface area contributed by atoms with Crippen molar-refractivity contribution in [3.8, 4) is 0 Å². The van der Waals surface area contributed by atoms with Crippen molar-refractivity contribution in [2.75, 3.05) is 32.7 Å². The van der Waals surface area contributed by atoms with Gasteiger partial charge in [-0.1, -0.05) is 20.8 Å². The Bertz CT molecular complexity index is 234. The second-order valence-electron chi connectivity index (χ2n) is 6.88. The fourth-order valence-corrected chi connectivity index (χ4v) is 3.96. The minimum absolute atomic E-state index is 0.922. The molecule has 1 aliphatic heterocycles. The van der Waals surface area contributed by atoms with E-state index < -0.39 is 0 Å². The zero-order valence-electron chi connectivity index (χ0n) is 13.4. The molecule has 19 heavy (non-hydrogen) atoms. The van der Waals surface area contributed by atoms with Gasteiger partial charge in [0.05, 0.1) is 0 Å². The second kappa shape index (κ2) is 7.64. The van der Waals surface area contributed by atoms with Crippen molar-refractivity contribution < 1.29 is 0 Å². The lowest BCUT2D eigenvalue weighted by molar-refractivity contribution is 0.0849. The molecule has 0 aromatic heterocycles. The molecule has 0 aromatic carbocycles. The lowest BCUT2D eigenvalue weighted by atomic mass is 9.85. The lowest BCUT2D eigenvalue weighted by Gasteiger charge is -2.41. The average molecular weight is 266 g/mol. The largest absolute Gasteiger partial charge is 0.304 e. The van der Waals surface area contributed by atoms with Crippen molar-refractivity contribution in [2.45, 2.75) is 65.3 Å². The van der Waals surface area contributed by atoms with Gasteiger partial charge < -0.3 is 9.80 Å². The molecule has 1 heterocycles. The number of hydrogen-bond acceptors (Lipinski definition) is 2. The van der Waals surface area contributed by atoms with Crippen LogP contribution in [0.2, 0.25) is 0 Å². The van der Waals surface area contributed by atoms with Gasteiger partial charge in [-0.25, -0.2) is 0 Å². The Morgan fingerprint density at radius 1 is 0.895 bits per heavy atom. The van der Waals surface area contributed by atoms with Crippen molar-refractivity contribution in [1.29, 1.82) is 0 Å². The minimum atomic E-state index is 0.922. The summed E-state index contributed by atoms with van der Waals surface area (Å²) < 4.78 is 0. The quantitative estimate of drug-likeness (QED) is 0.750. The lowest BCUT2D eigenvalue weighted by Crippen LogP contribution is -2.44. The molecule has 2 aliphatic rings. The highest BCUT2D eigenvalue weighted by molar-refractivity contribution is 4.83.